The summed E-state index contributed by atoms with van der Waals surface area (Å²) >= 11 is 1.83. The molecule has 0 saturated heterocycles. The van der Waals surface area contributed by atoms with Gasteiger partial charge in [0.15, 0.2) is 0 Å². The van der Waals surface area contributed by atoms with E-state index in [1.54, 1.807) is 0 Å². The van der Waals surface area contributed by atoms with E-state index in [1.807, 2.05) is 11.3 Å². The molecule has 0 saturated carbocycles. The Bertz CT molecular complexity index is 341. The van der Waals surface area contributed by atoms with E-state index in [4.69, 9.17) is 10.9 Å². The van der Waals surface area contributed by atoms with Crippen LogP contribution in [0.25, 0.3) is 0 Å². The summed E-state index contributed by atoms with van der Waals surface area (Å²) < 4.78 is 0. The lowest BCUT2D eigenvalue weighted by Crippen LogP contribution is -2.18. The molecule has 0 amide bonds. The maximum atomic E-state index is 8.35. The van der Waals surface area contributed by atoms with Crippen molar-refractivity contribution in [3.63, 3.8) is 0 Å². The molecule has 1 aromatic heterocycles. The van der Waals surface area contributed by atoms with Crippen LogP contribution < -0.4 is 11.1 Å². The Morgan fingerprint density at radius 2 is 2.31 bits per heavy atom. The number of oxime groups is 1. The zero-order valence-electron chi connectivity index (χ0n) is 9.79. The van der Waals surface area contributed by atoms with Crippen molar-refractivity contribution in [3.8, 4) is 0 Å². The average molecular weight is 241 g/mol. The first-order chi connectivity index (χ1) is 7.63. The van der Waals surface area contributed by atoms with E-state index in [2.05, 4.69) is 30.4 Å². The highest BCUT2D eigenvalue weighted by Gasteiger charge is 2.00. The molecule has 1 aromatic rings. The number of hydrogen-bond donors (Lipinski definition) is 3. The minimum absolute atomic E-state index is 0.296. The Labute approximate surface area is 100 Å². The summed E-state index contributed by atoms with van der Waals surface area (Å²) in [7, 11) is 0. The highest BCUT2D eigenvalue weighted by molar-refractivity contribution is 7.12. The lowest BCUT2D eigenvalue weighted by atomic mass is 10.2. The SMILES string of the molecule is Cc1cc(CNCCCC(N)=NO)sc1C. The zero-order valence-corrected chi connectivity index (χ0v) is 10.6. The van der Waals surface area contributed by atoms with E-state index in [9.17, 15) is 0 Å². The molecule has 0 fully saturated rings. The van der Waals surface area contributed by atoms with Crippen LogP contribution in [0, 0.1) is 13.8 Å². The van der Waals surface area contributed by atoms with Gasteiger partial charge in [-0.05, 0) is 38.4 Å². The van der Waals surface area contributed by atoms with E-state index in [0.29, 0.717) is 12.3 Å². The quantitative estimate of drug-likeness (QED) is 0.234. The van der Waals surface area contributed by atoms with Gasteiger partial charge in [-0.2, -0.15) is 0 Å². The van der Waals surface area contributed by atoms with Crippen LogP contribution in [0.1, 0.15) is 28.2 Å². The largest absolute Gasteiger partial charge is 0.409 e. The highest BCUT2D eigenvalue weighted by Crippen LogP contribution is 2.20. The van der Waals surface area contributed by atoms with E-state index < -0.39 is 0 Å². The molecule has 1 heterocycles. The summed E-state index contributed by atoms with van der Waals surface area (Å²) in [5.74, 6) is 0.296. The number of amidine groups is 1. The number of rotatable bonds is 6. The zero-order chi connectivity index (χ0) is 12.0. The van der Waals surface area contributed by atoms with Crippen molar-refractivity contribution in [1.82, 2.24) is 5.32 Å². The van der Waals surface area contributed by atoms with Crippen molar-refractivity contribution < 1.29 is 5.21 Å². The van der Waals surface area contributed by atoms with Crippen LogP contribution in [0.15, 0.2) is 11.2 Å². The molecule has 0 spiro atoms. The molecule has 90 valence electrons. The normalized spacial score (nSPS) is 12.0. The summed E-state index contributed by atoms with van der Waals surface area (Å²) in [6.45, 7) is 6.05. The Hall–Kier alpha value is -1.07. The summed E-state index contributed by atoms with van der Waals surface area (Å²) in [5.41, 5.74) is 6.72. The molecule has 0 atom stereocenters. The fourth-order valence-corrected chi connectivity index (χ4v) is 2.42. The van der Waals surface area contributed by atoms with Crippen LogP contribution in [0.2, 0.25) is 0 Å². The van der Waals surface area contributed by atoms with Crippen LogP contribution in [0.3, 0.4) is 0 Å². The molecule has 4 N–H and O–H groups in total. The van der Waals surface area contributed by atoms with Crippen LogP contribution in [-0.2, 0) is 6.54 Å². The second-order valence-electron chi connectivity index (χ2n) is 3.82. The van der Waals surface area contributed by atoms with Gasteiger partial charge in [-0.15, -0.1) is 11.3 Å². The third-order valence-corrected chi connectivity index (χ3v) is 3.58. The van der Waals surface area contributed by atoms with Gasteiger partial charge in [0.25, 0.3) is 0 Å². The van der Waals surface area contributed by atoms with E-state index >= 15 is 0 Å². The third kappa shape index (κ3) is 4.20. The first-order valence-electron chi connectivity index (χ1n) is 5.36. The smallest absolute Gasteiger partial charge is 0.139 e. The topological polar surface area (TPSA) is 70.6 Å². The van der Waals surface area contributed by atoms with E-state index in [-0.39, 0.29) is 0 Å². The number of thiophene rings is 1. The highest BCUT2D eigenvalue weighted by atomic mass is 32.1. The Morgan fingerprint density at radius 1 is 1.56 bits per heavy atom. The van der Waals surface area contributed by atoms with Crippen LogP contribution in [-0.4, -0.2) is 17.6 Å². The average Bonchev–Trinajstić information content (AvgIpc) is 2.57. The minimum atomic E-state index is 0.296. The molecule has 0 aliphatic carbocycles. The Morgan fingerprint density at radius 3 is 2.88 bits per heavy atom. The van der Waals surface area contributed by atoms with Gasteiger partial charge in [0, 0.05) is 22.7 Å². The van der Waals surface area contributed by atoms with Crippen LogP contribution in [0.4, 0.5) is 0 Å². The lowest BCUT2D eigenvalue weighted by Gasteiger charge is -2.02. The van der Waals surface area contributed by atoms with Crippen LogP contribution in [0.5, 0.6) is 0 Å². The van der Waals surface area contributed by atoms with Crippen molar-refractivity contribution in [2.45, 2.75) is 33.2 Å². The third-order valence-electron chi connectivity index (χ3n) is 2.43. The number of nitrogens with one attached hydrogen (secondary N) is 1. The Balaban J connectivity index is 2.16. The molecule has 16 heavy (non-hydrogen) atoms. The number of nitrogens with two attached hydrogens (primary N) is 1. The molecule has 1 rings (SSSR count). The van der Waals surface area contributed by atoms with Gasteiger partial charge in [-0.3, -0.25) is 0 Å². The predicted octanol–water partition coefficient (Wildman–Crippen LogP) is 1.98. The molecular weight excluding hydrogens is 222 g/mol. The van der Waals surface area contributed by atoms with Crippen molar-refractivity contribution in [2.24, 2.45) is 10.9 Å². The number of nitrogens with zero attached hydrogens (tertiary/aromatic N) is 1. The molecule has 5 heteroatoms. The van der Waals surface area contributed by atoms with E-state index in [1.165, 1.54) is 15.3 Å². The first kappa shape index (κ1) is 13.0. The molecule has 0 unspecified atom stereocenters. The van der Waals surface area contributed by atoms with Crippen molar-refractivity contribution >= 4 is 17.2 Å². The van der Waals surface area contributed by atoms with E-state index in [0.717, 1.165) is 19.5 Å². The predicted molar refractivity (Wildman–Crippen MR) is 68.1 cm³/mol. The van der Waals surface area contributed by atoms with Crippen molar-refractivity contribution in [2.75, 3.05) is 6.54 Å². The maximum Gasteiger partial charge on any atom is 0.139 e. The molecule has 0 aliphatic heterocycles. The van der Waals surface area contributed by atoms with Crippen molar-refractivity contribution in [1.29, 1.82) is 0 Å². The van der Waals surface area contributed by atoms with Gasteiger partial charge in [0.05, 0.1) is 0 Å². The van der Waals surface area contributed by atoms with Gasteiger partial charge < -0.3 is 16.3 Å². The van der Waals surface area contributed by atoms with Crippen LogP contribution >= 0.6 is 11.3 Å². The number of hydrogen-bond acceptors (Lipinski definition) is 4. The lowest BCUT2D eigenvalue weighted by molar-refractivity contribution is 0.316. The molecule has 0 bridgehead atoms. The second kappa shape index (κ2) is 6.50. The minimum Gasteiger partial charge on any atom is -0.409 e. The first-order valence-corrected chi connectivity index (χ1v) is 6.18. The fraction of sp³-hybridized carbons (Fsp3) is 0.545. The summed E-state index contributed by atoms with van der Waals surface area (Å²) in [5, 5.41) is 14.6. The summed E-state index contributed by atoms with van der Waals surface area (Å²) in [6, 6.07) is 2.22. The molecule has 0 aromatic carbocycles. The fourth-order valence-electron chi connectivity index (χ4n) is 1.39. The standard InChI is InChI=1S/C11H19N3OS/c1-8-6-10(16-9(8)2)7-13-5-3-4-11(12)14-15/h6,13,15H,3-5,7H2,1-2H3,(H2,12,14). The van der Waals surface area contributed by atoms with Gasteiger partial charge in [0.1, 0.15) is 5.84 Å². The van der Waals surface area contributed by atoms with Gasteiger partial charge in [0.2, 0.25) is 0 Å². The monoisotopic (exact) mass is 241 g/mol. The molecule has 4 nitrogen and oxygen atoms in total. The summed E-state index contributed by atoms with van der Waals surface area (Å²) in [6.07, 6.45) is 1.52. The number of aryl methyl sites for hydroxylation is 2. The molecular formula is C11H19N3OS. The molecule has 0 aliphatic rings. The Kier molecular flexibility index (Phi) is 5.28. The maximum absolute atomic E-state index is 8.35. The van der Waals surface area contributed by atoms with Gasteiger partial charge >= 0.3 is 0 Å². The second-order valence-corrected chi connectivity index (χ2v) is 5.16. The van der Waals surface area contributed by atoms with Crippen molar-refractivity contribution in [3.05, 3.63) is 21.4 Å². The molecule has 0 radical (unpaired) electrons. The summed E-state index contributed by atoms with van der Waals surface area (Å²) in [4.78, 5) is 2.74. The van der Waals surface area contributed by atoms with Gasteiger partial charge in [-0.25, -0.2) is 0 Å². The van der Waals surface area contributed by atoms with Gasteiger partial charge in [-0.1, -0.05) is 5.16 Å².